The Kier molecular flexibility index (Phi) is 3.63. The first kappa shape index (κ1) is 16.8. The van der Waals surface area contributed by atoms with Gasteiger partial charge in [0.2, 0.25) is 0 Å². The van der Waals surface area contributed by atoms with Crippen LogP contribution in [0.25, 0.3) is 44.8 Å². The maximum Gasteiger partial charge on any atom is 0.138 e. The van der Waals surface area contributed by atoms with Crippen molar-refractivity contribution in [2.24, 2.45) is 0 Å². The number of nitrogens with zero attached hydrogens (tertiary/aromatic N) is 2. The Morgan fingerprint density at radius 1 is 0.643 bits per heavy atom. The summed E-state index contributed by atoms with van der Waals surface area (Å²) in [6.45, 7) is 6.69. The highest BCUT2D eigenvalue weighted by molar-refractivity contribution is 5.82. The van der Waals surface area contributed by atoms with Crippen molar-refractivity contribution in [3.05, 3.63) is 72.3 Å². The van der Waals surface area contributed by atoms with Gasteiger partial charge in [-0.05, 0) is 53.4 Å². The molecule has 2 heterocycles. The maximum absolute atomic E-state index is 4.80. The van der Waals surface area contributed by atoms with Crippen molar-refractivity contribution < 1.29 is 0 Å². The molecule has 0 spiro atoms. The number of H-pyrrole nitrogens is 2. The van der Waals surface area contributed by atoms with Crippen molar-refractivity contribution in [2.75, 3.05) is 0 Å². The largest absolute Gasteiger partial charge is 0.338 e. The van der Waals surface area contributed by atoms with Crippen molar-refractivity contribution >= 4 is 22.1 Å². The fourth-order valence-corrected chi connectivity index (χ4v) is 3.51. The third-order valence-corrected chi connectivity index (χ3v) is 5.12. The minimum atomic E-state index is 0.0167. The molecule has 0 aliphatic heterocycles. The lowest BCUT2D eigenvalue weighted by molar-refractivity contribution is 0.590. The first-order valence-electron chi connectivity index (χ1n) is 9.53. The third kappa shape index (κ3) is 2.87. The van der Waals surface area contributed by atoms with E-state index >= 15 is 0 Å². The monoisotopic (exact) mass is 366 g/mol. The standard InChI is InChI=1S/C24H22N4/c1-24(2,3)17-13-15(22-25-18-8-4-5-9-19(18)26-22)12-16(14-17)23-27-20-10-6-7-11-21(20)28-23/h4-14H,1-3H3,(H,25,26)(H,27,28). The van der Waals surface area contributed by atoms with Crippen LogP contribution in [-0.4, -0.2) is 19.9 Å². The summed E-state index contributed by atoms with van der Waals surface area (Å²) in [5.41, 5.74) is 7.45. The molecule has 0 atom stereocenters. The first-order chi connectivity index (χ1) is 13.5. The van der Waals surface area contributed by atoms with E-state index in [4.69, 9.17) is 9.97 Å². The number of fused-ring (bicyclic) bond motifs is 2. The minimum Gasteiger partial charge on any atom is -0.338 e. The molecule has 0 amide bonds. The van der Waals surface area contributed by atoms with E-state index in [0.29, 0.717) is 0 Å². The van der Waals surface area contributed by atoms with Crippen molar-refractivity contribution in [3.63, 3.8) is 0 Å². The molecule has 3 aromatic carbocycles. The van der Waals surface area contributed by atoms with E-state index in [-0.39, 0.29) is 5.41 Å². The van der Waals surface area contributed by atoms with Gasteiger partial charge in [0.05, 0.1) is 22.1 Å². The van der Waals surface area contributed by atoms with Crippen molar-refractivity contribution in [2.45, 2.75) is 26.2 Å². The van der Waals surface area contributed by atoms with Crippen LogP contribution in [0, 0.1) is 0 Å². The number of nitrogens with one attached hydrogen (secondary N) is 2. The highest BCUT2D eigenvalue weighted by Gasteiger charge is 2.18. The number of benzene rings is 3. The molecule has 0 saturated heterocycles. The second kappa shape index (κ2) is 6.06. The molecule has 5 aromatic rings. The zero-order valence-corrected chi connectivity index (χ0v) is 16.2. The number of aromatic nitrogens is 4. The molecule has 0 aliphatic carbocycles. The Balaban J connectivity index is 1.72. The highest BCUT2D eigenvalue weighted by Crippen LogP contribution is 2.33. The van der Waals surface area contributed by atoms with Crippen LogP contribution < -0.4 is 0 Å². The smallest absolute Gasteiger partial charge is 0.138 e. The van der Waals surface area contributed by atoms with Gasteiger partial charge in [-0.15, -0.1) is 0 Å². The van der Waals surface area contributed by atoms with Gasteiger partial charge in [0, 0.05) is 11.1 Å². The molecule has 0 bridgehead atoms. The summed E-state index contributed by atoms with van der Waals surface area (Å²) in [4.78, 5) is 16.5. The van der Waals surface area contributed by atoms with E-state index in [1.807, 2.05) is 36.4 Å². The molecule has 4 nitrogen and oxygen atoms in total. The third-order valence-electron chi connectivity index (χ3n) is 5.12. The number of imidazole rings is 2. The zero-order valence-electron chi connectivity index (χ0n) is 16.2. The average Bonchev–Trinajstić information content (AvgIpc) is 3.31. The van der Waals surface area contributed by atoms with E-state index in [9.17, 15) is 0 Å². The Morgan fingerprint density at radius 3 is 1.54 bits per heavy atom. The van der Waals surface area contributed by atoms with Crippen LogP contribution in [0.2, 0.25) is 0 Å². The summed E-state index contributed by atoms with van der Waals surface area (Å²) in [6, 6.07) is 22.9. The second-order valence-electron chi connectivity index (χ2n) is 8.25. The number of hydrogen-bond donors (Lipinski definition) is 2. The minimum absolute atomic E-state index is 0.0167. The van der Waals surface area contributed by atoms with Crippen molar-refractivity contribution in [1.82, 2.24) is 19.9 Å². The Labute approximate surface area is 163 Å². The van der Waals surface area contributed by atoms with Crippen molar-refractivity contribution in [1.29, 1.82) is 0 Å². The summed E-state index contributed by atoms with van der Waals surface area (Å²) >= 11 is 0. The highest BCUT2D eigenvalue weighted by atomic mass is 14.9. The van der Waals surface area contributed by atoms with Crippen LogP contribution in [0.5, 0.6) is 0 Å². The molecule has 0 saturated carbocycles. The normalized spacial score (nSPS) is 12.1. The maximum atomic E-state index is 4.80. The van der Waals surface area contributed by atoms with Crippen LogP contribution in [0.15, 0.2) is 66.7 Å². The van der Waals surface area contributed by atoms with Gasteiger partial charge in [-0.2, -0.15) is 0 Å². The van der Waals surface area contributed by atoms with Crippen LogP contribution in [0.4, 0.5) is 0 Å². The molecule has 0 radical (unpaired) electrons. The summed E-state index contributed by atoms with van der Waals surface area (Å²) in [7, 11) is 0. The Bertz CT molecular complexity index is 1140. The van der Waals surface area contributed by atoms with Gasteiger partial charge in [-0.1, -0.05) is 45.0 Å². The topological polar surface area (TPSA) is 57.4 Å². The van der Waals surface area contributed by atoms with E-state index < -0.39 is 0 Å². The summed E-state index contributed by atoms with van der Waals surface area (Å²) in [5, 5.41) is 0. The molecule has 0 fully saturated rings. The lowest BCUT2D eigenvalue weighted by Gasteiger charge is -2.20. The van der Waals surface area contributed by atoms with E-state index in [1.54, 1.807) is 0 Å². The lowest BCUT2D eigenvalue weighted by Crippen LogP contribution is -2.11. The SMILES string of the molecule is CC(C)(C)c1cc(-c2nc3ccccc3[nH]2)cc(-c2nc3ccccc3[nH]2)c1. The van der Waals surface area contributed by atoms with Crippen LogP contribution in [0.3, 0.4) is 0 Å². The Hall–Kier alpha value is -3.40. The van der Waals surface area contributed by atoms with Gasteiger partial charge in [-0.25, -0.2) is 9.97 Å². The summed E-state index contributed by atoms with van der Waals surface area (Å²) in [5.74, 6) is 1.76. The molecule has 5 rings (SSSR count). The van der Waals surface area contributed by atoms with Gasteiger partial charge in [0.15, 0.2) is 0 Å². The molecule has 0 unspecified atom stereocenters. The molecule has 2 aromatic heterocycles. The molecule has 0 aliphatic rings. The quantitative estimate of drug-likeness (QED) is 0.398. The predicted octanol–water partition coefficient (Wildman–Crippen LogP) is 6.07. The fraction of sp³-hybridized carbons (Fsp3) is 0.167. The van der Waals surface area contributed by atoms with E-state index in [2.05, 4.69) is 61.1 Å². The number of rotatable bonds is 2. The van der Waals surface area contributed by atoms with E-state index in [1.165, 1.54) is 5.56 Å². The summed E-state index contributed by atoms with van der Waals surface area (Å²) < 4.78 is 0. The molecule has 28 heavy (non-hydrogen) atoms. The summed E-state index contributed by atoms with van der Waals surface area (Å²) in [6.07, 6.45) is 0. The lowest BCUT2D eigenvalue weighted by atomic mass is 9.85. The van der Waals surface area contributed by atoms with Gasteiger partial charge < -0.3 is 9.97 Å². The predicted molar refractivity (Wildman–Crippen MR) is 115 cm³/mol. The molecular formula is C24H22N4. The molecule has 4 heteroatoms. The van der Waals surface area contributed by atoms with Crippen LogP contribution in [-0.2, 0) is 5.41 Å². The fourth-order valence-electron chi connectivity index (χ4n) is 3.51. The number of aromatic amines is 2. The molecule has 138 valence electrons. The molecular weight excluding hydrogens is 344 g/mol. The average molecular weight is 366 g/mol. The van der Waals surface area contributed by atoms with Crippen molar-refractivity contribution in [3.8, 4) is 22.8 Å². The number of para-hydroxylation sites is 4. The van der Waals surface area contributed by atoms with Crippen LogP contribution in [0.1, 0.15) is 26.3 Å². The van der Waals surface area contributed by atoms with Gasteiger partial charge in [0.1, 0.15) is 11.6 Å². The number of hydrogen-bond acceptors (Lipinski definition) is 2. The van der Waals surface area contributed by atoms with E-state index in [0.717, 1.165) is 44.8 Å². The van der Waals surface area contributed by atoms with Crippen LogP contribution >= 0.6 is 0 Å². The molecule has 2 N–H and O–H groups in total. The van der Waals surface area contributed by atoms with Gasteiger partial charge in [-0.3, -0.25) is 0 Å². The zero-order chi connectivity index (χ0) is 19.3. The second-order valence-corrected chi connectivity index (χ2v) is 8.25. The van der Waals surface area contributed by atoms with Gasteiger partial charge >= 0.3 is 0 Å². The first-order valence-corrected chi connectivity index (χ1v) is 9.53. The van der Waals surface area contributed by atoms with Gasteiger partial charge in [0.25, 0.3) is 0 Å². The Morgan fingerprint density at radius 2 is 1.11 bits per heavy atom.